The van der Waals surface area contributed by atoms with Crippen molar-refractivity contribution in [1.29, 1.82) is 0 Å². The second-order valence-electron chi connectivity index (χ2n) is 6.22. The van der Waals surface area contributed by atoms with Gasteiger partial charge in [0.25, 0.3) is 0 Å². The van der Waals surface area contributed by atoms with E-state index < -0.39 is 29.1 Å². The number of halogens is 3. The molecule has 0 aliphatic heterocycles. The highest BCUT2D eigenvalue weighted by atomic mass is 79.9. The molecule has 0 fully saturated rings. The minimum atomic E-state index is -1.00. The van der Waals surface area contributed by atoms with Gasteiger partial charge in [-0.05, 0) is 41.9 Å². The van der Waals surface area contributed by atoms with Crippen molar-refractivity contribution in [1.82, 2.24) is 9.78 Å². The molecule has 0 amide bonds. The maximum absolute atomic E-state index is 14.3. The molecule has 1 aromatic heterocycles. The van der Waals surface area contributed by atoms with Crippen LogP contribution in [-0.2, 0) is 4.79 Å². The number of allylic oxidation sites excluding steroid dienone is 2. The van der Waals surface area contributed by atoms with Crippen LogP contribution in [0.2, 0.25) is 0 Å². The Bertz CT molecular complexity index is 939. The van der Waals surface area contributed by atoms with Crippen molar-refractivity contribution >= 4 is 27.7 Å². The Kier molecular flexibility index (Phi) is 4.70. The Balaban J connectivity index is 2.12. The van der Waals surface area contributed by atoms with Gasteiger partial charge < -0.3 is 10.4 Å². The second kappa shape index (κ2) is 6.68. The Hall–Kier alpha value is -2.48. The van der Waals surface area contributed by atoms with Crippen LogP contribution >= 0.6 is 15.9 Å². The van der Waals surface area contributed by atoms with Gasteiger partial charge in [-0.3, -0.25) is 4.79 Å². The topological polar surface area (TPSA) is 67.2 Å². The van der Waals surface area contributed by atoms with E-state index in [-0.39, 0.29) is 5.69 Å². The van der Waals surface area contributed by atoms with E-state index in [0.717, 1.165) is 18.2 Å². The Morgan fingerprint density at radius 1 is 1.38 bits per heavy atom. The number of benzene rings is 1. The van der Waals surface area contributed by atoms with Crippen molar-refractivity contribution in [2.24, 2.45) is 5.92 Å². The molecule has 0 saturated carbocycles. The summed E-state index contributed by atoms with van der Waals surface area (Å²) < 4.78 is 29.7. The van der Waals surface area contributed by atoms with Gasteiger partial charge in [0, 0.05) is 6.07 Å². The van der Waals surface area contributed by atoms with Gasteiger partial charge >= 0.3 is 5.97 Å². The van der Waals surface area contributed by atoms with Crippen molar-refractivity contribution in [3.63, 3.8) is 0 Å². The van der Waals surface area contributed by atoms with Crippen LogP contribution in [0.5, 0.6) is 0 Å². The highest BCUT2D eigenvalue weighted by Gasteiger charge is 2.38. The molecule has 2 atom stereocenters. The van der Waals surface area contributed by atoms with Gasteiger partial charge in [0.05, 0.1) is 15.7 Å². The molecule has 2 unspecified atom stereocenters. The molecule has 2 N–H and O–H groups in total. The summed E-state index contributed by atoms with van der Waals surface area (Å²) in [6.07, 6.45) is 6.68. The Morgan fingerprint density at radius 2 is 2.12 bits per heavy atom. The molecule has 0 spiro atoms. The molecular weight excluding hydrogens is 408 g/mol. The van der Waals surface area contributed by atoms with E-state index in [4.69, 9.17) is 0 Å². The quantitative estimate of drug-likeness (QED) is 0.772. The monoisotopic (exact) mass is 423 g/mol. The van der Waals surface area contributed by atoms with Gasteiger partial charge in [0.1, 0.15) is 29.1 Å². The predicted molar refractivity (Wildman–Crippen MR) is 97.4 cm³/mol. The zero-order chi connectivity index (χ0) is 19.1. The molecular formula is C18H16BrF2N3O2. The molecule has 1 aliphatic carbocycles. The molecule has 136 valence electrons. The number of aryl methyl sites for hydroxylation is 1. The SMILES string of the molecule is Cc1nn(-c2cc(F)ccc2F)c(NC2(C)C=CC=CC2C(=O)O)c1Br. The highest BCUT2D eigenvalue weighted by Crippen LogP contribution is 2.35. The van der Waals surface area contributed by atoms with Gasteiger partial charge in [-0.1, -0.05) is 24.3 Å². The third-order valence-corrected chi connectivity index (χ3v) is 5.23. The zero-order valence-corrected chi connectivity index (χ0v) is 15.6. The lowest BCUT2D eigenvalue weighted by Gasteiger charge is -2.34. The third-order valence-electron chi connectivity index (χ3n) is 4.28. The number of carbonyl (C=O) groups is 1. The van der Waals surface area contributed by atoms with Crippen molar-refractivity contribution in [2.75, 3.05) is 5.32 Å². The second-order valence-corrected chi connectivity index (χ2v) is 7.02. The first kappa shape index (κ1) is 18.3. The largest absolute Gasteiger partial charge is 0.481 e. The summed E-state index contributed by atoms with van der Waals surface area (Å²) in [6.45, 7) is 3.42. The predicted octanol–water partition coefficient (Wildman–Crippen LogP) is 4.22. The van der Waals surface area contributed by atoms with Crippen LogP contribution in [-0.4, -0.2) is 26.4 Å². The fraction of sp³-hybridized carbons (Fsp3) is 0.222. The van der Waals surface area contributed by atoms with Crippen LogP contribution in [0.25, 0.3) is 5.69 Å². The van der Waals surface area contributed by atoms with Gasteiger partial charge in [0.2, 0.25) is 0 Å². The van der Waals surface area contributed by atoms with E-state index in [1.165, 1.54) is 4.68 Å². The van der Waals surface area contributed by atoms with Gasteiger partial charge in [-0.15, -0.1) is 0 Å². The van der Waals surface area contributed by atoms with Crippen LogP contribution < -0.4 is 5.32 Å². The molecule has 1 heterocycles. The summed E-state index contributed by atoms with van der Waals surface area (Å²) in [5, 5.41) is 16.9. The summed E-state index contributed by atoms with van der Waals surface area (Å²) in [7, 11) is 0. The molecule has 2 aromatic rings. The zero-order valence-electron chi connectivity index (χ0n) is 14.0. The molecule has 0 saturated heterocycles. The average molecular weight is 424 g/mol. The Morgan fingerprint density at radius 3 is 2.81 bits per heavy atom. The van der Waals surface area contributed by atoms with Crippen molar-refractivity contribution in [3.05, 3.63) is 64.3 Å². The highest BCUT2D eigenvalue weighted by molar-refractivity contribution is 9.10. The third kappa shape index (κ3) is 3.16. The maximum Gasteiger partial charge on any atom is 0.313 e. The lowest BCUT2D eigenvalue weighted by atomic mass is 9.82. The van der Waals surface area contributed by atoms with Crippen molar-refractivity contribution < 1.29 is 18.7 Å². The van der Waals surface area contributed by atoms with Crippen LogP contribution in [0.1, 0.15) is 12.6 Å². The Labute approximate surface area is 157 Å². The van der Waals surface area contributed by atoms with E-state index >= 15 is 0 Å². The smallest absolute Gasteiger partial charge is 0.313 e. The first-order valence-corrected chi connectivity index (χ1v) is 8.60. The fourth-order valence-electron chi connectivity index (χ4n) is 2.89. The normalized spacial score (nSPS) is 21.8. The van der Waals surface area contributed by atoms with E-state index in [1.807, 2.05) is 0 Å². The molecule has 3 rings (SSSR count). The average Bonchev–Trinajstić information content (AvgIpc) is 2.85. The van der Waals surface area contributed by atoms with Crippen LogP contribution in [0.15, 0.2) is 47.0 Å². The number of anilines is 1. The summed E-state index contributed by atoms with van der Waals surface area (Å²) in [6, 6.07) is 3.07. The molecule has 1 aliphatic rings. The number of carboxylic acids is 1. The first-order valence-electron chi connectivity index (χ1n) is 7.80. The summed E-state index contributed by atoms with van der Waals surface area (Å²) in [4.78, 5) is 11.6. The van der Waals surface area contributed by atoms with E-state index in [9.17, 15) is 18.7 Å². The van der Waals surface area contributed by atoms with E-state index in [1.54, 1.807) is 38.2 Å². The molecule has 26 heavy (non-hydrogen) atoms. The summed E-state index contributed by atoms with van der Waals surface area (Å²) in [5.74, 6) is -2.77. The van der Waals surface area contributed by atoms with Crippen molar-refractivity contribution in [3.8, 4) is 5.69 Å². The lowest BCUT2D eigenvalue weighted by molar-refractivity contribution is -0.141. The number of hydrogen-bond acceptors (Lipinski definition) is 3. The fourth-order valence-corrected chi connectivity index (χ4v) is 3.23. The number of nitrogens with zero attached hydrogens (tertiary/aromatic N) is 2. The maximum atomic E-state index is 14.3. The van der Waals surface area contributed by atoms with E-state index in [0.29, 0.717) is 16.0 Å². The molecule has 5 nitrogen and oxygen atoms in total. The van der Waals surface area contributed by atoms with Crippen LogP contribution in [0.3, 0.4) is 0 Å². The van der Waals surface area contributed by atoms with Crippen LogP contribution in [0, 0.1) is 24.5 Å². The summed E-state index contributed by atoms with van der Waals surface area (Å²) in [5.41, 5.74) is -0.522. The van der Waals surface area contributed by atoms with Crippen LogP contribution in [0.4, 0.5) is 14.6 Å². The van der Waals surface area contributed by atoms with Gasteiger partial charge in [-0.2, -0.15) is 5.10 Å². The van der Waals surface area contributed by atoms with Gasteiger partial charge in [-0.25, -0.2) is 13.5 Å². The number of aliphatic carboxylic acids is 1. The number of rotatable bonds is 4. The number of hydrogen-bond donors (Lipinski definition) is 2. The molecule has 0 radical (unpaired) electrons. The minimum absolute atomic E-state index is 0.0768. The summed E-state index contributed by atoms with van der Waals surface area (Å²) >= 11 is 3.40. The standard InChI is InChI=1S/C18H16BrF2N3O2/c1-10-15(19)16(22-18(2)8-4-3-5-12(18)17(25)26)24(23-10)14-9-11(20)6-7-13(14)21/h3-9,12,22H,1-2H3,(H,25,26). The number of nitrogens with one attached hydrogen (secondary N) is 1. The number of aromatic nitrogens is 2. The van der Waals surface area contributed by atoms with Crippen molar-refractivity contribution in [2.45, 2.75) is 19.4 Å². The lowest BCUT2D eigenvalue weighted by Crippen LogP contribution is -2.45. The van der Waals surface area contributed by atoms with E-state index in [2.05, 4.69) is 26.3 Å². The van der Waals surface area contributed by atoms with Gasteiger partial charge in [0.15, 0.2) is 0 Å². The molecule has 8 heteroatoms. The first-order chi connectivity index (χ1) is 12.2. The molecule has 1 aromatic carbocycles. The molecule has 0 bridgehead atoms. The minimum Gasteiger partial charge on any atom is -0.481 e. The number of carboxylic acid groups (broad SMARTS) is 1.